The van der Waals surface area contributed by atoms with Gasteiger partial charge >= 0.3 is 12.1 Å². The van der Waals surface area contributed by atoms with Crippen LogP contribution in [0.2, 0.25) is 0 Å². The first-order chi connectivity index (χ1) is 17.0. The van der Waals surface area contributed by atoms with Crippen molar-refractivity contribution < 1.29 is 24.2 Å². The molecule has 0 aromatic heterocycles. The molecule has 7 nitrogen and oxygen atoms in total. The van der Waals surface area contributed by atoms with Gasteiger partial charge < -0.3 is 20.5 Å². The van der Waals surface area contributed by atoms with Crippen LogP contribution in [0.5, 0.6) is 0 Å². The minimum atomic E-state index is -0.845. The third kappa shape index (κ3) is 5.66. The van der Waals surface area contributed by atoms with Crippen LogP contribution < -0.4 is 10.6 Å². The normalized spacial score (nSPS) is 18.2. The van der Waals surface area contributed by atoms with Crippen molar-refractivity contribution >= 4 is 18.0 Å². The Hall–Kier alpha value is -3.35. The van der Waals surface area contributed by atoms with E-state index in [1.165, 1.54) is 0 Å². The number of fused-ring (bicyclic) bond motifs is 3. The monoisotopic (exact) mass is 476 g/mol. The number of hydrogen-bond donors (Lipinski definition) is 3. The third-order valence-electron chi connectivity index (χ3n) is 7.48. The highest BCUT2D eigenvalue weighted by atomic mass is 16.5. The molecular weight excluding hydrogens is 444 g/mol. The standard InChI is InChI=1S/C28H32N2O5/c31-26(32)14-19(18-11-12-18)15-29-27(33)25(13-17-9-10-17)30-28(34)35-16-24-22-7-3-1-5-20(22)21-6-2-4-8-23(21)24/h1-8,17-19,24-25H,9-16H2,(H,29,33)(H,30,34)(H,31,32)/t19?,25-/m0/s1. The maximum Gasteiger partial charge on any atom is 0.407 e. The number of nitrogens with one attached hydrogen (secondary N) is 2. The third-order valence-corrected chi connectivity index (χ3v) is 7.48. The quantitative estimate of drug-likeness (QED) is 0.448. The van der Waals surface area contributed by atoms with Crippen LogP contribution in [0.1, 0.15) is 55.6 Å². The Labute approximate surface area is 205 Å². The lowest BCUT2D eigenvalue weighted by Crippen LogP contribution is -2.48. The van der Waals surface area contributed by atoms with E-state index in [1.54, 1.807) is 0 Å². The van der Waals surface area contributed by atoms with Gasteiger partial charge in [-0.25, -0.2) is 4.79 Å². The van der Waals surface area contributed by atoms with Crippen LogP contribution in [-0.4, -0.2) is 42.3 Å². The molecule has 0 radical (unpaired) electrons. The fourth-order valence-corrected chi connectivity index (χ4v) is 5.25. The summed E-state index contributed by atoms with van der Waals surface area (Å²) >= 11 is 0. The van der Waals surface area contributed by atoms with Gasteiger partial charge in [0.15, 0.2) is 0 Å². The van der Waals surface area contributed by atoms with E-state index in [9.17, 15) is 14.4 Å². The second kappa shape index (κ2) is 10.1. The fraction of sp³-hybridized carbons (Fsp3) is 0.464. The Kier molecular flexibility index (Phi) is 6.75. The van der Waals surface area contributed by atoms with Crippen molar-refractivity contribution in [2.45, 2.75) is 50.5 Å². The van der Waals surface area contributed by atoms with Crippen LogP contribution in [0.25, 0.3) is 11.1 Å². The summed E-state index contributed by atoms with van der Waals surface area (Å²) in [5.74, 6) is -0.420. The number of rotatable bonds is 11. The molecule has 2 fully saturated rings. The van der Waals surface area contributed by atoms with Crippen molar-refractivity contribution in [1.29, 1.82) is 0 Å². The van der Waals surface area contributed by atoms with Gasteiger partial charge in [0, 0.05) is 12.5 Å². The summed E-state index contributed by atoms with van der Waals surface area (Å²) in [4.78, 5) is 36.9. The number of alkyl carbamates (subject to hydrolysis) is 1. The van der Waals surface area contributed by atoms with E-state index < -0.39 is 18.1 Å². The minimum absolute atomic E-state index is 0.0424. The largest absolute Gasteiger partial charge is 0.481 e. The lowest BCUT2D eigenvalue weighted by molar-refractivity contribution is -0.138. The van der Waals surface area contributed by atoms with E-state index in [2.05, 4.69) is 34.9 Å². The average molecular weight is 477 g/mol. The van der Waals surface area contributed by atoms with Crippen LogP contribution >= 0.6 is 0 Å². The first kappa shape index (κ1) is 23.4. The molecule has 7 heteroatoms. The zero-order chi connectivity index (χ0) is 24.4. The molecular formula is C28H32N2O5. The molecule has 0 spiro atoms. The predicted octanol–water partition coefficient (Wildman–Crippen LogP) is 4.31. The van der Waals surface area contributed by atoms with E-state index in [1.807, 2.05) is 24.3 Å². The van der Waals surface area contributed by atoms with Crippen LogP contribution in [0.4, 0.5) is 4.79 Å². The van der Waals surface area contributed by atoms with Crippen LogP contribution in [-0.2, 0) is 14.3 Å². The smallest absolute Gasteiger partial charge is 0.407 e. The lowest BCUT2D eigenvalue weighted by Gasteiger charge is -2.21. The highest BCUT2D eigenvalue weighted by molar-refractivity contribution is 5.86. The summed E-state index contributed by atoms with van der Waals surface area (Å²) in [7, 11) is 0. The van der Waals surface area contributed by atoms with Gasteiger partial charge in [-0.2, -0.15) is 0 Å². The zero-order valence-corrected chi connectivity index (χ0v) is 19.7. The summed E-state index contributed by atoms with van der Waals surface area (Å²) in [6, 6.07) is 15.6. The Balaban J connectivity index is 1.18. The number of carboxylic acids is 1. The zero-order valence-electron chi connectivity index (χ0n) is 19.7. The fourth-order valence-electron chi connectivity index (χ4n) is 5.25. The van der Waals surface area contributed by atoms with Crippen molar-refractivity contribution in [2.24, 2.45) is 17.8 Å². The molecule has 184 valence electrons. The first-order valence-electron chi connectivity index (χ1n) is 12.6. The molecule has 2 aromatic rings. The van der Waals surface area contributed by atoms with Crippen molar-refractivity contribution in [3.8, 4) is 11.1 Å². The average Bonchev–Trinajstić information content (AvgIpc) is 3.78. The van der Waals surface area contributed by atoms with E-state index in [4.69, 9.17) is 9.84 Å². The number of benzene rings is 2. The summed E-state index contributed by atoms with van der Waals surface area (Å²) < 4.78 is 5.64. The second-order valence-corrected chi connectivity index (χ2v) is 10.1. The molecule has 2 aromatic carbocycles. The number of carboxylic acid groups (broad SMARTS) is 1. The Morgan fingerprint density at radius 2 is 1.57 bits per heavy atom. The van der Waals surface area contributed by atoms with Crippen LogP contribution in [0.15, 0.2) is 48.5 Å². The summed E-state index contributed by atoms with van der Waals surface area (Å²) in [5.41, 5.74) is 4.60. The molecule has 2 atom stereocenters. The minimum Gasteiger partial charge on any atom is -0.481 e. The number of ether oxygens (including phenoxy) is 1. The molecule has 3 aliphatic carbocycles. The van der Waals surface area contributed by atoms with Gasteiger partial charge in [-0.3, -0.25) is 9.59 Å². The van der Waals surface area contributed by atoms with E-state index >= 15 is 0 Å². The highest BCUT2D eigenvalue weighted by Crippen LogP contribution is 2.44. The molecule has 0 aliphatic heterocycles. The maximum absolute atomic E-state index is 12.9. The van der Waals surface area contributed by atoms with Gasteiger partial charge in [0.2, 0.25) is 5.91 Å². The van der Waals surface area contributed by atoms with Crippen molar-refractivity contribution in [3.05, 3.63) is 59.7 Å². The van der Waals surface area contributed by atoms with Crippen molar-refractivity contribution in [2.75, 3.05) is 13.2 Å². The van der Waals surface area contributed by atoms with Crippen molar-refractivity contribution in [3.63, 3.8) is 0 Å². The molecule has 0 heterocycles. The maximum atomic E-state index is 12.9. The molecule has 3 aliphatic rings. The highest BCUT2D eigenvalue weighted by Gasteiger charge is 2.35. The summed E-state index contributed by atoms with van der Waals surface area (Å²) in [6.07, 6.45) is 4.16. The van der Waals surface area contributed by atoms with E-state index in [0.717, 1.165) is 47.9 Å². The number of hydrogen-bond acceptors (Lipinski definition) is 4. The summed E-state index contributed by atoms with van der Waals surface area (Å²) in [6.45, 7) is 0.517. The number of carbonyl (C=O) groups excluding carboxylic acids is 2. The van der Waals surface area contributed by atoms with Gasteiger partial charge in [-0.15, -0.1) is 0 Å². The molecule has 2 amide bonds. The van der Waals surface area contributed by atoms with E-state index in [-0.39, 0.29) is 30.8 Å². The molecule has 1 unspecified atom stereocenters. The Morgan fingerprint density at radius 1 is 0.943 bits per heavy atom. The molecule has 5 rings (SSSR count). The lowest BCUT2D eigenvalue weighted by atomic mass is 9.98. The number of amides is 2. The first-order valence-corrected chi connectivity index (χ1v) is 12.6. The number of aliphatic carboxylic acids is 1. The van der Waals surface area contributed by atoms with Gasteiger partial charge in [-0.05, 0) is 59.3 Å². The molecule has 0 saturated heterocycles. The van der Waals surface area contributed by atoms with Crippen LogP contribution in [0, 0.1) is 17.8 Å². The Bertz CT molecular complexity index is 1060. The second-order valence-electron chi connectivity index (χ2n) is 10.1. The topological polar surface area (TPSA) is 105 Å². The SMILES string of the molecule is O=C(O)CC(CNC(=O)[C@H](CC1CC1)NC(=O)OCC1c2ccccc2-c2ccccc21)C1CC1. The van der Waals surface area contributed by atoms with E-state index in [0.29, 0.717) is 24.8 Å². The molecule has 0 bridgehead atoms. The summed E-state index contributed by atoms with van der Waals surface area (Å²) in [5, 5.41) is 14.8. The Morgan fingerprint density at radius 3 is 2.14 bits per heavy atom. The number of carbonyl (C=O) groups is 3. The molecule has 2 saturated carbocycles. The molecule has 3 N–H and O–H groups in total. The predicted molar refractivity (Wildman–Crippen MR) is 131 cm³/mol. The van der Waals surface area contributed by atoms with Gasteiger partial charge in [0.1, 0.15) is 12.6 Å². The molecule has 35 heavy (non-hydrogen) atoms. The van der Waals surface area contributed by atoms with Crippen LogP contribution in [0.3, 0.4) is 0 Å². The van der Waals surface area contributed by atoms with Crippen molar-refractivity contribution in [1.82, 2.24) is 10.6 Å². The van der Waals surface area contributed by atoms with Gasteiger partial charge in [0.25, 0.3) is 0 Å². The van der Waals surface area contributed by atoms with Gasteiger partial charge in [-0.1, -0.05) is 61.4 Å². The van der Waals surface area contributed by atoms with Gasteiger partial charge in [0.05, 0.1) is 6.42 Å².